The molecule has 0 aliphatic rings. The van der Waals surface area contributed by atoms with E-state index in [0.29, 0.717) is 29.5 Å². The van der Waals surface area contributed by atoms with E-state index in [9.17, 15) is 9.18 Å². The van der Waals surface area contributed by atoms with Crippen molar-refractivity contribution in [2.24, 2.45) is 0 Å². The fourth-order valence-electron chi connectivity index (χ4n) is 2.65. The summed E-state index contributed by atoms with van der Waals surface area (Å²) < 4.78 is 19.5. The van der Waals surface area contributed by atoms with E-state index >= 15 is 0 Å². The van der Waals surface area contributed by atoms with Crippen LogP contribution in [0.4, 0.5) is 4.39 Å². The minimum Gasteiger partial charge on any atom is -0.481 e. The Bertz CT molecular complexity index is 764. The molecular formula is C22H28FNO2S. The number of carbonyl (C=O) groups is 1. The predicted octanol–water partition coefficient (Wildman–Crippen LogP) is 5.07. The number of hydrogen-bond acceptors (Lipinski definition) is 3. The zero-order valence-corrected chi connectivity index (χ0v) is 17.2. The number of ether oxygens (including phenoxy) is 1. The van der Waals surface area contributed by atoms with Crippen molar-refractivity contribution < 1.29 is 13.9 Å². The van der Waals surface area contributed by atoms with Crippen molar-refractivity contribution >= 4 is 17.7 Å². The van der Waals surface area contributed by atoms with Gasteiger partial charge in [-0.1, -0.05) is 44.2 Å². The van der Waals surface area contributed by atoms with Crippen molar-refractivity contribution in [2.75, 3.05) is 12.3 Å². The minimum absolute atomic E-state index is 0.141. The molecule has 0 bridgehead atoms. The molecule has 0 aliphatic carbocycles. The van der Waals surface area contributed by atoms with E-state index in [0.717, 1.165) is 16.9 Å². The van der Waals surface area contributed by atoms with E-state index in [1.165, 1.54) is 6.07 Å². The summed E-state index contributed by atoms with van der Waals surface area (Å²) in [5.74, 6) is 2.07. The van der Waals surface area contributed by atoms with Gasteiger partial charge < -0.3 is 10.1 Å². The first-order valence-corrected chi connectivity index (χ1v) is 10.4. The maximum Gasteiger partial charge on any atom is 0.260 e. The molecule has 1 N–H and O–H groups in total. The highest BCUT2D eigenvalue weighted by Crippen LogP contribution is 2.28. The highest BCUT2D eigenvalue weighted by atomic mass is 32.2. The summed E-state index contributed by atoms with van der Waals surface area (Å²) in [6, 6.07) is 12.8. The Kier molecular flexibility index (Phi) is 8.17. The molecule has 0 spiro atoms. The first-order chi connectivity index (χ1) is 12.9. The number of halogens is 1. The third-order valence-electron chi connectivity index (χ3n) is 4.23. The molecule has 2 aromatic carbocycles. The van der Waals surface area contributed by atoms with Crippen molar-refractivity contribution in [3.8, 4) is 5.75 Å². The Morgan fingerprint density at radius 1 is 1.19 bits per heavy atom. The highest BCUT2D eigenvalue weighted by Gasteiger charge is 2.17. The van der Waals surface area contributed by atoms with Gasteiger partial charge in [0, 0.05) is 18.1 Å². The number of benzene rings is 2. The molecule has 0 heterocycles. The lowest BCUT2D eigenvalue weighted by Crippen LogP contribution is -2.37. The van der Waals surface area contributed by atoms with Crippen LogP contribution in [0.5, 0.6) is 5.75 Å². The van der Waals surface area contributed by atoms with E-state index in [1.54, 1.807) is 30.8 Å². The van der Waals surface area contributed by atoms with E-state index in [2.05, 4.69) is 31.3 Å². The molecule has 0 fully saturated rings. The second kappa shape index (κ2) is 10.4. The van der Waals surface area contributed by atoms with Crippen molar-refractivity contribution in [3.05, 3.63) is 65.0 Å². The Labute approximate surface area is 165 Å². The van der Waals surface area contributed by atoms with E-state index < -0.39 is 6.10 Å². The zero-order valence-electron chi connectivity index (χ0n) is 16.4. The third-order valence-corrected chi connectivity index (χ3v) is 5.23. The predicted molar refractivity (Wildman–Crippen MR) is 111 cm³/mol. The SMILES string of the molecule is Cc1ccc(C(C)C)c(OC(C)C(=O)NCCSCc2ccccc2F)c1. The largest absolute Gasteiger partial charge is 0.481 e. The number of rotatable bonds is 9. The number of nitrogens with one attached hydrogen (secondary N) is 1. The molecule has 146 valence electrons. The fraction of sp³-hybridized carbons (Fsp3) is 0.409. The van der Waals surface area contributed by atoms with Crippen LogP contribution in [-0.2, 0) is 10.5 Å². The van der Waals surface area contributed by atoms with Crippen LogP contribution in [0, 0.1) is 12.7 Å². The van der Waals surface area contributed by atoms with Gasteiger partial charge in [0.2, 0.25) is 0 Å². The van der Waals surface area contributed by atoms with Gasteiger partial charge in [0.05, 0.1) is 0 Å². The summed E-state index contributed by atoms with van der Waals surface area (Å²) in [7, 11) is 0. The number of carbonyl (C=O) groups excluding carboxylic acids is 1. The Morgan fingerprint density at radius 3 is 2.63 bits per heavy atom. The summed E-state index contributed by atoms with van der Waals surface area (Å²) in [6.07, 6.45) is -0.569. The maximum absolute atomic E-state index is 13.6. The van der Waals surface area contributed by atoms with Crippen molar-refractivity contribution in [1.29, 1.82) is 0 Å². The molecule has 2 aromatic rings. The summed E-state index contributed by atoms with van der Waals surface area (Å²) in [4.78, 5) is 12.3. The van der Waals surface area contributed by atoms with E-state index in [-0.39, 0.29) is 11.7 Å². The van der Waals surface area contributed by atoms with Gasteiger partial charge in [-0.25, -0.2) is 4.39 Å². The molecule has 1 amide bonds. The molecule has 0 aromatic heterocycles. The highest BCUT2D eigenvalue weighted by molar-refractivity contribution is 7.98. The van der Waals surface area contributed by atoms with Gasteiger partial charge in [0.25, 0.3) is 5.91 Å². The Hall–Kier alpha value is -2.01. The second-order valence-electron chi connectivity index (χ2n) is 6.89. The van der Waals surface area contributed by atoms with Crippen molar-refractivity contribution in [2.45, 2.75) is 45.5 Å². The Balaban J connectivity index is 1.78. The number of aryl methyl sites for hydroxylation is 1. The first-order valence-electron chi connectivity index (χ1n) is 9.24. The lowest BCUT2D eigenvalue weighted by Gasteiger charge is -2.19. The quantitative estimate of drug-likeness (QED) is 0.608. The first kappa shape index (κ1) is 21.3. The average Bonchev–Trinajstić information content (AvgIpc) is 2.62. The van der Waals surface area contributed by atoms with Crippen LogP contribution in [0.15, 0.2) is 42.5 Å². The van der Waals surface area contributed by atoms with Crippen LogP contribution < -0.4 is 10.1 Å². The van der Waals surface area contributed by atoms with Crippen LogP contribution in [0.25, 0.3) is 0 Å². The normalized spacial score (nSPS) is 12.1. The summed E-state index contributed by atoms with van der Waals surface area (Å²) in [5, 5.41) is 2.89. The lowest BCUT2D eigenvalue weighted by molar-refractivity contribution is -0.127. The van der Waals surface area contributed by atoms with E-state index in [1.807, 2.05) is 19.1 Å². The molecule has 3 nitrogen and oxygen atoms in total. The van der Waals surface area contributed by atoms with Gasteiger partial charge in [-0.15, -0.1) is 0 Å². The van der Waals surface area contributed by atoms with Crippen molar-refractivity contribution in [1.82, 2.24) is 5.32 Å². The Morgan fingerprint density at radius 2 is 1.93 bits per heavy atom. The van der Waals surface area contributed by atoms with Gasteiger partial charge in [0.15, 0.2) is 6.10 Å². The molecule has 0 saturated carbocycles. The lowest BCUT2D eigenvalue weighted by atomic mass is 10.0. The zero-order chi connectivity index (χ0) is 19.8. The monoisotopic (exact) mass is 389 g/mol. The number of amides is 1. The van der Waals surface area contributed by atoms with Gasteiger partial charge in [-0.05, 0) is 48.6 Å². The summed E-state index contributed by atoms with van der Waals surface area (Å²) >= 11 is 1.59. The second-order valence-corrected chi connectivity index (χ2v) is 8.00. The van der Waals surface area contributed by atoms with Crippen LogP contribution in [0.2, 0.25) is 0 Å². The fourth-order valence-corrected chi connectivity index (χ4v) is 3.50. The molecule has 27 heavy (non-hydrogen) atoms. The maximum atomic E-state index is 13.6. The number of hydrogen-bond donors (Lipinski definition) is 1. The minimum atomic E-state index is -0.569. The van der Waals surface area contributed by atoms with Crippen LogP contribution in [0.3, 0.4) is 0 Å². The molecule has 0 radical (unpaired) electrons. The summed E-state index contributed by atoms with van der Waals surface area (Å²) in [5.41, 5.74) is 2.89. The van der Waals surface area contributed by atoms with Crippen LogP contribution in [-0.4, -0.2) is 24.3 Å². The van der Waals surface area contributed by atoms with Gasteiger partial charge in [-0.3, -0.25) is 4.79 Å². The third kappa shape index (κ3) is 6.58. The average molecular weight is 390 g/mol. The molecule has 5 heteroatoms. The topological polar surface area (TPSA) is 38.3 Å². The number of thioether (sulfide) groups is 1. The van der Waals surface area contributed by atoms with E-state index in [4.69, 9.17) is 4.74 Å². The molecule has 1 unspecified atom stereocenters. The standard InChI is InChI=1S/C22H28FNO2S/c1-15(2)19-10-9-16(3)13-21(19)26-17(4)22(25)24-11-12-27-14-18-7-5-6-8-20(18)23/h5-10,13,15,17H,11-12,14H2,1-4H3,(H,24,25). The van der Waals surface area contributed by atoms with Crippen LogP contribution >= 0.6 is 11.8 Å². The van der Waals surface area contributed by atoms with Gasteiger partial charge in [-0.2, -0.15) is 11.8 Å². The molecular weight excluding hydrogens is 361 g/mol. The van der Waals surface area contributed by atoms with Gasteiger partial charge in [0.1, 0.15) is 11.6 Å². The van der Waals surface area contributed by atoms with Crippen molar-refractivity contribution in [3.63, 3.8) is 0 Å². The molecule has 0 aliphatic heterocycles. The smallest absolute Gasteiger partial charge is 0.260 e. The molecule has 0 saturated heterocycles. The van der Waals surface area contributed by atoms with Crippen LogP contribution in [0.1, 0.15) is 43.4 Å². The summed E-state index contributed by atoms with van der Waals surface area (Å²) in [6.45, 7) is 8.50. The van der Waals surface area contributed by atoms with Gasteiger partial charge >= 0.3 is 0 Å². The molecule has 2 rings (SSSR count). The molecule has 1 atom stereocenters.